The minimum atomic E-state index is -1.43. The van der Waals surface area contributed by atoms with Gasteiger partial charge in [-0.3, -0.25) is 19.8 Å². The second kappa shape index (κ2) is 6.56. The maximum atomic E-state index is 13.1. The Balaban J connectivity index is 1.97. The number of methoxy groups -OCH3 is 1. The third-order valence-electron chi connectivity index (χ3n) is 6.04. The van der Waals surface area contributed by atoms with E-state index in [-0.39, 0.29) is 11.8 Å². The van der Waals surface area contributed by atoms with Crippen molar-refractivity contribution in [3.63, 3.8) is 0 Å². The molecule has 2 fully saturated rings. The van der Waals surface area contributed by atoms with Crippen LogP contribution in [0.3, 0.4) is 0 Å². The Morgan fingerprint density at radius 3 is 2.32 bits per heavy atom. The van der Waals surface area contributed by atoms with Crippen LogP contribution in [0.15, 0.2) is 54.6 Å². The second-order valence-corrected chi connectivity index (χ2v) is 7.38. The molecule has 144 valence electrons. The zero-order valence-electron chi connectivity index (χ0n) is 16.0. The van der Waals surface area contributed by atoms with Crippen molar-refractivity contribution in [2.24, 2.45) is 11.8 Å². The molecule has 2 aromatic carbocycles. The van der Waals surface area contributed by atoms with Gasteiger partial charge in [0.1, 0.15) is 0 Å². The minimum absolute atomic E-state index is 0.280. The normalized spacial score (nSPS) is 29.1. The lowest BCUT2D eigenvalue weighted by Gasteiger charge is -2.32. The number of fused-ring (bicyclic) bond motifs is 1. The summed E-state index contributed by atoms with van der Waals surface area (Å²) in [6, 6.07) is 16.3. The van der Waals surface area contributed by atoms with Crippen LogP contribution in [-0.4, -0.2) is 36.8 Å². The smallest absolute Gasteiger partial charge is 0.331 e. The van der Waals surface area contributed by atoms with Gasteiger partial charge in [0.15, 0.2) is 5.54 Å². The van der Waals surface area contributed by atoms with Crippen LogP contribution in [0.4, 0.5) is 0 Å². The summed E-state index contributed by atoms with van der Waals surface area (Å²) in [6.45, 7) is 1.96. The molecule has 2 aliphatic rings. The Bertz CT molecular complexity index is 958. The fourth-order valence-electron chi connectivity index (χ4n) is 4.69. The topological polar surface area (TPSA) is 75.7 Å². The number of amides is 2. The number of carbonyl (C=O) groups excluding carboxylic acids is 3. The predicted octanol–water partition coefficient (Wildman–Crippen LogP) is 1.94. The van der Waals surface area contributed by atoms with E-state index in [0.717, 1.165) is 16.0 Å². The molecule has 2 aliphatic heterocycles. The van der Waals surface area contributed by atoms with Crippen LogP contribution >= 0.6 is 0 Å². The van der Waals surface area contributed by atoms with Gasteiger partial charge in [-0.25, -0.2) is 4.79 Å². The van der Waals surface area contributed by atoms with Crippen molar-refractivity contribution in [1.29, 1.82) is 0 Å². The summed E-state index contributed by atoms with van der Waals surface area (Å²) in [4.78, 5) is 40.4. The molecule has 0 aliphatic carbocycles. The van der Waals surface area contributed by atoms with Gasteiger partial charge in [-0.1, -0.05) is 54.6 Å². The number of hydrogen-bond donors (Lipinski definition) is 1. The Hall–Kier alpha value is -2.99. The first-order chi connectivity index (χ1) is 13.4. The fraction of sp³-hybridized carbons (Fsp3) is 0.318. The van der Waals surface area contributed by atoms with Gasteiger partial charge in [-0.05, 0) is 23.6 Å². The van der Waals surface area contributed by atoms with E-state index < -0.39 is 29.4 Å². The Morgan fingerprint density at radius 1 is 1.04 bits per heavy atom. The zero-order valence-corrected chi connectivity index (χ0v) is 16.0. The van der Waals surface area contributed by atoms with Crippen molar-refractivity contribution in [2.75, 3.05) is 14.2 Å². The van der Waals surface area contributed by atoms with Crippen molar-refractivity contribution in [3.8, 4) is 0 Å². The van der Waals surface area contributed by atoms with Crippen LogP contribution in [0, 0.1) is 18.8 Å². The molecule has 2 heterocycles. The summed E-state index contributed by atoms with van der Waals surface area (Å²) >= 11 is 0. The van der Waals surface area contributed by atoms with Crippen molar-refractivity contribution in [2.45, 2.75) is 18.5 Å². The first-order valence-electron chi connectivity index (χ1n) is 9.22. The molecule has 0 radical (unpaired) electrons. The summed E-state index contributed by atoms with van der Waals surface area (Å²) in [5, 5.41) is 3.37. The van der Waals surface area contributed by atoms with E-state index in [2.05, 4.69) is 5.32 Å². The number of carbonyl (C=O) groups is 3. The molecule has 1 N–H and O–H groups in total. The van der Waals surface area contributed by atoms with Crippen LogP contribution in [0.1, 0.15) is 22.7 Å². The van der Waals surface area contributed by atoms with E-state index in [1.54, 1.807) is 12.1 Å². The lowest BCUT2D eigenvalue weighted by atomic mass is 9.75. The molecule has 4 rings (SSSR count). The van der Waals surface area contributed by atoms with Crippen molar-refractivity contribution in [3.05, 3.63) is 71.3 Å². The van der Waals surface area contributed by atoms with E-state index in [4.69, 9.17) is 4.74 Å². The van der Waals surface area contributed by atoms with Gasteiger partial charge in [0.25, 0.3) is 0 Å². The summed E-state index contributed by atoms with van der Waals surface area (Å²) in [6.07, 6.45) is 0. The molecule has 0 aromatic heterocycles. The molecule has 0 spiro atoms. The molecule has 28 heavy (non-hydrogen) atoms. The van der Waals surface area contributed by atoms with Crippen molar-refractivity contribution in [1.82, 2.24) is 10.2 Å². The SMILES string of the molecule is COC(=O)[C@]1(c2ccccc2)N[C@H](c2ccccc2C)[C@H]2C(=O)N(C)C(=O)[C@H]21. The molecule has 6 heteroatoms. The predicted molar refractivity (Wildman–Crippen MR) is 102 cm³/mol. The highest BCUT2D eigenvalue weighted by molar-refractivity contribution is 6.09. The van der Waals surface area contributed by atoms with Crippen LogP contribution in [0.5, 0.6) is 0 Å². The number of likely N-dealkylation sites (tertiary alicyclic amines) is 1. The number of hydrogen-bond acceptors (Lipinski definition) is 5. The summed E-state index contributed by atoms with van der Waals surface area (Å²) in [5.41, 5.74) is 1.08. The molecule has 0 bridgehead atoms. The number of imide groups is 1. The molecular weight excluding hydrogens is 356 g/mol. The first kappa shape index (κ1) is 18.4. The van der Waals surface area contributed by atoms with E-state index >= 15 is 0 Å². The van der Waals surface area contributed by atoms with Crippen molar-refractivity contribution >= 4 is 17.8 Å². The minimum Gasteiger partial charge on any atom is -0.467 e. The lowest BCUT2D eigenvalue weighted by molar-refractivity contribution is -0.154. The highest BCUT2D eigenvalue weighted by Crippen LogP contribution is 2.53. The molecule has 0 unspecified atom stereocenters. The molecule has 2 aromatic rings. The lowest BCUT2D eigenvalue weighted by Crippen LogP contribution is -2.53. The standard InChI is InChI=1S/C22H22N2O4/c1-13-9-7-8-12-15(13)18-16-17(20(26)24(2)19(16)25)22(23-18,21(27)28-3)14-10-5-4-6-11-14/h4-12,16-18,23H,1-3H3/t16-,17-,18+,22+/m0/s1. The van der Waals surface area contributed by atoms with Crippen LogP contribution in [0.2, 0.25) is 0 Å². The maximum Gasteiger partial charge on any atom is 0.331 e. The van der Waals surface area contributed by atoms with E-state index in [0.29, 0.717) is 5.56 Å². The maximum absolute atomic E-state index is 13.1. The third-order valence-corrected chi connectivity index (χ3v) is 6.04. The highest BCUT2D eigenvalue weighted by atomic mass is 16.5. The van der Waals surface area contributed by atoms with Gasteiger partial charge in [0, 0.05) is 13.1 Å². The molecule has 2 saturated heterocycles. The van der Waals surface area contributed by atoms with Gasteiger partial charge in [0.05, 0.1) is 18.9 Å². The summed E-state index contributed by atoms with van der Waals surface area (Å²) < 4.78 is 5.15. The number of benzene rings is 2. The monoisotopic (exact) mass is 378 g/mol. The molecule has 4 atom stereocenters. The van der Waals surface area contributed by atoms with E-state index in [1.165, 1.54) is 14.2 Å². The number of aryl methyl sites for hydroxylation is 1. The number of rotatable bonds is 3. The number of esters is 1. The average Bonchev–Trinajstić information content (AvgIpc) is 3.19. The van der Waals surface area contributed by atoms with Crippen LogP contribution in [0.25, 0.3) is 0 Å². The average molecular weight is 378 g/mol. The summed E-state index contributed by atoms with van der Waals surface area (Å²) in [7, 11) is 2.78. The van der Waals surface area contributed by atoms with E-state index in [9.17, 15) is 14.4 Å². The zero-order chi connectivity index (χ0) is 20.1. The Kier molecular flexibility index (Phi) is 4.31. The summed E-state index contributed by atoms with van der Waals surface area (Å²) in [5.74, 6) is -2.77. The highest BCUT2D eigenvalue weighted by Gasteiger charge is 2.69. The largest absolute Gasteiger partial charge is 0.467 e. The van der Waals surface area contributed by atoms with Gasteiger partial charge in [-0.2, -0.15) is 0 Å². The van der Waals surface area contributed by atoms with Gasteiger partial charge in [-0.15, -0.1) is 0 Å². The van der Waals surface area contributed by atoms with Crippen LogP contribution < -0.4 is 5.32 Å². The fourth-order valence-corrected chi connectivity index (χ4v) is 4.69. The molecule has 6 nitrogen and oxygen atoms in total. The number of nitrogens with one attached hydrogen (secondary N) is 1. The Labute approximate surface area is 163 Å². The molecular formula is C22H22N2O4. The van der Waals surface area contributed by atoms with Crippen LogP contribution in [-0.2, 0) is 24.7 Å². The number of nitrogens with zero attached hydrogens (tertiary/aromatic N) is 1. The van der Waals surface area contributed by atoms with E-state index in [1.807, 2.05) is 49.4 Å². The second-order valence-electron chi connectivity index (χ2n) is 7.38. The Morgan fingerprint density at radius 2 is 1.68 bits per heavy atom. The molecule has 2 amide bonds. The van der Waals surface area contributed by atoms with Gasteiger partial charge >= 0.3 is 5.97 Å². The van der Waals surface area contributed by atoms with Gasteiger partial charge in [0.2, 0.25) is 11.8 Å². The van der Waals surface area contributed by atoms with Gasteiger partial charge < -0.3 is 4.74 Å². The quantitative estimate of drug-likeness (QED) is 0.653. The number of ether oxygens (including phenoxy) is 1. The third kappa shape index (κ3) is 2.34. The first-order valence-corrected chi connectivity index (χ1v) is 9.22. The molecule has 0 saturated carbocycles. The van der Waals surface area contributed by atoms with Crippen molar-refractivity contribution < 1.29 is 19.1 Å².